The van der Waals surface area contributed by atoms with Crippen molar-refractivity contribution in [3.8, 4) is 11.1 Å². The van der Waals surface area contributed by atoms with Gasteiger partial charge in [-0.3, -0.25) is 0 Å². The molecule has 0 saturated heterocycles. The molecule has 0 aliphatic heterocycles. The second kappa shape index (κ2) is 4.77. The second-order valence-corrected chi connectivity index (χ2v) is 4.22. The molecule has 0 aromatic heterocycles. The van der Waals surface area contributed by atoms with Crippen molar-refractivity contribution >= 4 is 28.9 Å². The molecule has 82 valence electrons. The lowest BCUT2D eigenvalue weighted by Gasteiger charge is -2.07. The van der Waals surface area contributed by atoms with Crippen LogP contribution in [0.15, 0.2) is 42.5 Å². The molecule has 0 heterocycles. The Kier molecular flexibility index (Phi) is 3.37. The van der Waals surface area contributed by atoms with E-state index >= 15 is 0 Å². The summed E-state index contributed by atoms with van der Waals surface area (Å²) in [5.74, 6) is 0. The highest BCUT2D eigenvalue weighted by atomic mass is 35.5. The fraction of sp³-hybridized carbons (Fsp3) is 0.0769. The summed E-state index contributed by atoms with van der Waals surface area (Å²) in [5.41, 5.74) is 3.05. The van der Waals surface area contributed by atoms with Crippen LogP contribution in [-0.2, 0) is 0 Å². The second-order valence-electron chi connectivity index (χ2n) is 3.43. The van der Waals surface area contributed by atoms with E-state index in [1.165, 1.54) is 0 Å². The van der Waals surface area contributed by atoms with E-state index in [9.17, 15) is 0 Å². The topological polar surface area (TPSA) is 12.0 Å². The lowest BCUT2D eigenvalue weighted by molar-refractivity contribution is 1.51. The third-order valence-corrected chi connectivity index (χ3v) is 3.23. The summed E-state index contributed by atoms with van der Waals surface area (Å²) in [4.78, 5) is 0. The molecule has 1 N–H and O–H groups in total. The van der Waals surface area contributed by atoms with E-state index in [0.717, 1.165) is 16.8 Å². The zero-order valence-electron chi connectivity index (χ0n) is 8.80. The maximum atomic E-state index is 6.17. The Morgan fingerprint density at radius 3 is 2.50 bits per heavy atom. The molecule has 2 aromatic rings. The first-order valence-electron chi connectivity index (χ1n) is 4.94. The van der Waals surface area contributed by atoms with E-state index in [0.29, 0.717) is 10.0 Å². The molecule has 0 bridgehead atoms. The van der Waals surface area contributed by atoms with Crippen LogP contribution in [0.3, 0.4) is 0 Å². The highest BCUT2D eigenvalue weighted by Gasteiger charge is 2.06. The van der Waals surface area contributed by atoms with E-state index in [1.807, 2.05) is 43.4 Å². The molecule has 1 nitrogen and oxygen atoms in total. The van der Waals surface area contributed by atoms with Gasteiger partial charge in [0.05, 0.1) is 10.0 Å². The number of hydrogen-bond acceptors (Lipinski definition) is 1. The monoisotopic (exact) mass is 251 g/mol. The van der Waals surface area contributed by atoms with Crippen LogP contribution in [0, 0.1) is 0 Å². The van der Waals surface area contributed by atoms with Crippen LogP contribution in [0.1, 0.15) is 0 Å². The van der Waals surface area contributed by atoms with Crippen molar-refractivity contribution in [3.63, 3.8) is 0 Å². The van der Waals surface area contributed by atoms with Crippen molar-refractivity contribution in [1.29, 1.82) is 0 Å². The minimum absolute atomic E-state index is 0.578. The Labute approximate surface area is 105 Å². The lowest BCUT2D eigenvalue weighted by atomic mass is 10.1. The Morgan fingerprint density at radius 2 is 1.75 bits per heavy atom. The van der Waals surface area contributed by atoms with E-state index < -0.39 is 0 Å². The SMILES string of the molecule is CNc1cccc(-c2cccc(Cl)c2Cl)c1. The van der Waals surface area contributed by atoms with Gasteiger partial charge in [-0.2, -0.15) is 0 Å². The standard InChI is InChI=1S/C13H11Cl2N/c1-16-10-5-2-4-9(8-10)11-6-3-7-12(14)13(11)15/h2-8,16H,1H3. The third-order valence-electron chi connectivity index (χ3n) is 2.41. The number of hydrogen-bond donors (Lipinski definition) is 1. The molecule has 0 saturated carbocycles. The van der Waals surface area contributed by atoms with Gasteiger partial charge in [0.2, 0.25) is 0 Å². The maximum absolute atomic E-state index is 6.17. The lowest BCUT2D eigenvalue weighted by Crippen LogP contribution is -1.88. The van der Waals surface area contributed by atoms with Gasteiger partial charge in [0.15, 0.2) is 0 Å². The van der Waals surface area contributed by atoms with Crippen LogP contribution in [0.25, 0.3) is 11.1 Å². The minimum atomic E-state index is 0.578. The first-order valence-corrected chi connectivity index (χ1v) is 5.70. The zero-order chi connectivity index (χ0) is 11.5. The molecule has 0 fully saturated rings. The molecule has 0 amide bonds. The summed E-state index contributed by atoms with van der Waals surface area (Å²) in [6.45, 7) is 0. The molecule has 0 aliphatic carbocycles. The average Bonchev–Trinajstić information content (AvgIpc) is 2.33. The van der Waals surface area contributed by atoms with Crippen LogP contribution in [0.4, 0.5) is 5.69 Å². The van der Waals surface area contributed by atoms with E-state index in [4.69, 9.17) is 23.2 Å². The largest absolute Gasteiger partial charge is 0.388 e. The molecular weight excluding hydrogens is 241 g/mol. The summed E-state index contributed by atoms with van der Waals surface area (Å²) in [5, 5.41) is 4.27. The van der Waals surface area contributed by atoms with Gasteiger partial charge >= 0.3 is 0 Å². The molecule has 2 rings (SSSR count). The molecule has 0 spiro atoms. The van der Waals surface area contributed by atoms with Crippen molar-refractivity contribution < 1.29 is 0 Å². The van der Waals surface area contributed by atoms with Crippen molar-refractivity contribution in [1.82, 2.24) is 0 Å². The highest BCUT2D eigenvalue weighted by Crippen LogP contribution is 2.34. The van der Waals surface area contributed by atoms with Gasteiger partial charge in [-0.05, 0) is 23.8 Å². The van der Waals surface area contributed by atoms with Gasteiger partial charge in [0.1, 0.15) is 0 Å². The molecule has 0 atom stereocenters. The van der Waals surface area contributed by atoms with Crippen molar-refractivity contribution in [3.05, 3.63) is 52.5 Å². The zero-order valence-corrected chi connectivity index (χ0v) is 10.3. The number of rotatable bonds is 2. The van der Waals surface area contributed by atoms with Crippen LogP contribution in [0.2, 0.25) is 10.0 Å². The summed E-state index contributed by atoms with van der Waals surface area (Å²) >= 11 is 12.2. The molecule has 16 heavy (non-hydrogen) atoms. The fourth-order valence-corrected chi connectivity index (χ4v) is 1.98. The van der Waals surface area contributed by atoms with E-state index in [-0.39, 0.29) is 0 Å². The average molecular weight is 252 g/mol. The third kappa shape index (κ3) is 2.16. The Hall–Kier alpha value is -1.18. The Morgan fingerprint density at radius 1 is 1.00 bits per heavy atom. The van der Waals surface area contributed by atoms with Crippen LogP contribution >= 0.6 is 23.2 Å². The molecule has 0 aliphatic rings. The molecule has 2 aromatic carbocycles. The van der Waals surface area contributed by atoms with Gasteiger partial charge in [-0.25, -0.2) is 0 Å². The van der Waals surface area contributed by atoms with Crippen LogP contribution < -0.4 is 5.32 Å². The number of anilines is 1. The van der Waals surface area contributed by atoms with Crippen molar-refractivity contribution in [2.24, 2.45) is 0 Å². The summed E-state index contributed by atoms with van der Waals surface area (Å²) in [6.07, 6.45) is 0. The van der Waals surface area contributed by atoms with E-state index in [1.54, 1.807) is 6.07 Å². The smallest absolute Gasteiger partial charge is 0.0670 e. The Bertz CT molecular complexity index is 509. The first kappa shape index (κ1) is 11.3. The number of halogens is 2. The molecule has 0 unspecified atom stereocenters. The van der Waals surface area contributed by atoms with Gasteiger partial charge in [0.25, 0.3) is 0 Å². The van der Waals surface area contributed by atoms with Gasteiger partial charge in [-0.15, -0.1) is 0 Å². The normalized spacial score (nSPS) is 10.2. The highest BCUT2D eigenvalue weighted by molar-refractivity contribution is 6.43. The first-order chi connectivity index (χ1) is 7.72. The van der Waals surface area contributed by atoms with Gasteiger partial charge in [0, 0.05) is 18.3 Å². The van der Waals surface area contributed by atoms with E-state index in [2.05, 4.69) is 5.32 Å². The molecule has 3 heteroatoms. The molecular formula is C13H11Cl2N. The van der Waals surface area contributed by atoms with Gasteiger partial charge in [-0.1, -0.05) is 47.5 Å². The summed E-state index contributed by atoms with van der Waals surface area (Å²) in [6, 6.07) is 13.7. The number of nitrogens with one attached hydrogen (secondary N) is 1. The van der Waals surface area contributed by atoms with Gasteiger partial charge < -0.3 is 5.32 Å². The predicted octanol–water partition coefficient (Wildman–Crippen LogP) is 4.70. The molecule has 0 radical (unpaired) electrons. The Balaban J connectivity index is 2.54. The predicted molar refractivity (Wildman–Crippen MR) is 71.4 cm³/mol. The quantitative estimate of drug-likeness (QED) is 0.816. The van der Waals surface area contributed by atoms with Crippen molar-refractivity contribution in [2.45, 2.75) is 0 Å². The summed E-state index contributed by atoms with van der Waals surface area (Å²) in [7, 11) is 1.89. The minimum Gasteiger partial charge on any atom is -0.388 e. The maximum Gasteiger partial charge on any atom is 0.0670 e. The van der Waals surface area contributed by atoms with Crippen molar-refractivity contribution in [2.75, 3.05) is 12.4 Å². The fourth-order valence-electron chi connectivity index (χ4n) is 1.57. The van der Waals surface area contributed by atoms with Crippen LogP contribution in [0.5, 0.6) is 0 Å². The number of benzene rings is 2. The summed E-state index contributed by atoms with van der Waals surface area (Å²) < 4.78 is 0. The van der Waals surface area contributed by atoms with Crippen LogP contribution in [-0.4, -0.2) is 7.05 Å².